The van der Waals surface area contributed by atoms with Gasteiger partial charge in [-0.15, -0.1) is 0 Å². The Labute approximate surface area is 127 Å². The average molecular weight is 292 g/mol. The summed E-state index contributed by atoms with van der Waals surface area (Å²) in [6, 6.07) is 15.4. The van der Waals surface area contributed by atoms with Gasteiger partial charge in [0.2, 0.25) is 0 Å². The van der Waals surface area contributed by atoms with Crippen LogP contribution < -0.4 is 15.6 Å². The summed E-state index contributed by atoms with van der Waals surface area (Å²) < 4.78 is 5.89. The van der Waals surface area contributed by atoms with Crippen LogP contribution in [0.15, 0.2) is 53.3 Å². The lowest BCUT2D eigenvalue weighted by molar-refractivity contribution is 0.483. The monoisotopic (exact) mass is 292 g/mol. The smallest absolute Gasteiger partial charge is 0.253 e. The zero-order valence-corrected chi connectivity index (χ0v) is 12.1. The van der Waals surface area contributed by atoms with Crippen molar-refractivity contribution in [1.29, 1.82) is 0 Å². The van der Waals surface area contributed by atoms with E-state index in [1.807, 2.05) is 48.5 Å². The molecule has 4 heteroatoms. The van der Waals surface area contributed by atoms with Gasteiger partial charge in [0.15, 0.2) is 0 Å². The fraction of sp³-hybridized carbons (Fsp3) is 0.167. The van der Waals surface area contributed by atoms with Crippen LogP contribution in [0.5, 0.6) is 11.5 Å². The van der Waals surface area contributed by atoms with Gasteiger partial charge in [0.05, 0.1) is 11.2 Å². The number of hydrogen-bond donors (Lipinski definition) is 2. The van der Waals surface area contributed by atoms with Crippen molar-refractivity contribution in [1.82, 2.24) is 4.98 Å². The Balaban J connectivity index is 1.83. The number of para-hydroxylation sites is 1. The number of pyridine rings is 1. The number of aromatic nitrogens is 1. The lowest BCUT2D eigenvalue weighted by atomic mass is 10.0. The topological polar surface area (TPSA) is 54.1 Å². The number of hydrogen-bond acceptors (Lipinski definition) is 3. The summed E-state index contributed by atoms with van der Waals surface area (Å²) in [7, 11) is 0. The summed E-state index contributed by atoms with van der Waals surface area (Å²) in [6.07, 6.45) is 1.80. The standard InChI is InChI=1S/C18H16N2O2/c21-18-14-7-4-10-19-17(14)15-11-13(8-9-16(15)20-18)22-12-5-2-1-3-6-12/h1-3,5-6,8-9,11,19H,4,7,10H2,(H,20,21). The van der Waals surface area contributed by atoms with Crippen molar-refractivity contribution in [3.8, 4) is 11.5 Å². The molecule has 110 valence electrons. The van der Waals surface area contributed by atoms with Gasteiger partial charge in [-0.3, -0.25) is 4.79 Å². The summed E-state index contributed by atoms with van der Waals surface area (Å²) in [5, 5.41) is 4.36. The summed E-state index contributed by atoms with van der Waals surface area (Å²) in [5.41, 5.74) is 2.63. The minimum absolute atomic E-state index is 0.00595. The molecule has 0 saturated carbocycles. The second kappa shape index (κ2) is 5.22. The molecule has 22 heavy (non-hydrogen) atoms. The molecule has 0 saturated heterocycles. The zero-order chi connectivity index (χ0) is 14.9. The molecule has 0 fully saturated rings. The molecule has 0 amide bonds. The van der Waals surface area contributed by atoms with Gasteiger partial charge in [0.1, 0.15) is 11.5 Å². The van der Waals surface area contributed by atoms with Gasteiger partial charge in [0, 0.05) is 17.5 Å². The minimum atomic E-state index is 0.00595. The minimum Gasteiger partial charge on any atom is -0.457 e. The Morgan fingerprint density at radius 1 is 1.00 bits per heavy atom. The van der Waals surface area contributed by atoms with Gasteiger partial charge >= 0.3 is 0 Å². The van der Waals surface area contributed by atoms with Crippen molar-refractivity contribution in [2.75, 3.05) is 11.9 Å². The molecule has 2 N–H and O–H groups in total. The molecule has 1 aliphatic rings. The van der Waals surface area contributed by atoms with Gasteiger partial charge in [0.25, 0.3) is 5.56 Å². The summed E-state index contributed by atoms with van der Waals surface area (Å²) >= 11 is 0. The van der Waals surface area contributed by atoms with Crippen LogP contribution in [-0.2, 0) is 6.42 Å². The zero-order valence-electron chi connectivity index (χ0n) is 12.1. The van der Waals surface area contributed by atoms with Crippen LogP contribution in [-0.4, -0.2) is 11.5 Å². The van der Waals surface area contributed by atoms with E-state index in [9.17, 15) is 4.79 Å². The maximum absolute atomic E-state index is 12.1. The first-order valence-corrected chi connectivity index (χ1v) is 7.47. The normalized spacial score (nSPS) is 13.5. The Bertz CT molecular complexity index is 885. The van der Waals surface area contributed by atoms with E-state index >= 15 is 0 Å². The summed E-state index contributed by atoms with van der Waals surface area (Å²) in [5.74, 6) is 1.56. The third-order valence-electron chi connectivity index (χ3n) is 3.97. The van der Waals surface area contributed by atoms with E-state index in [1.165, 1.54) is 0 Å². The number of ether oxygens (including phenoxy) is 1. The number of benzene rings is 2. The highest BCUT2D eigenvalue weighted by molar-refractivity contribution is 5.94. The van der Waals surface area contributed by atoms with Crippen LogP contribution in [0.25, 0.3) is 10.9 Å². The Morgan fingerprint density at radius 3 is 2.73 bits per heavy atom. The molecule has 0 bridgehead atoms. The van der Waals surface area contributed by atoms with E-state index in [0.29, 0.717) is 0 Å². The molecule has 2 heterocycles. The summed E-state index contributed by atoms with van der Waals surface area (Å²) in [6.45, 7) is 0.898. The first-order chi connectivity index (χ1) is 10.8. The predicted molar refractivity (Wildman–Crippen MR) is 87.9 cm³/mol. The highest BCUT2D eigenvalue weighted by Gasteiger charge is 2.16. The molecule has 0 spiro atoms. The van der Waals surface area contributed by atoms with E-state index < -0.39 is 0 Å². The number of fused-ring (bicyclic) bond motifs is 3. The number of nitrogens with one attached hydrogen (secondary N) is 2. The second-order valence-corrected chi connectivity index (χ2v) is 5.46. The number of anilines is 1. The fourth-order valence-corrected chi connectivity index (χ4v) is 2.92. The third-order valence-corrected chi connectivity index (χ3v) is 3.97. The predicted octanol–water partition coefficient (Wildman–Crippen LogP) is 3.68. The van der Waals surface area contributed by atoms with E-state index in [4.69, 9.17) is 4.74 Å². The van der Waals surface area contributed by atoms with Crippen molar-refractivity contribution in [2.24, 2.45) is 0 Å². The lowest BCUT2D eigenvalue weighted by Gasteiger charge is -2.19. The molecule has 0 aliphatic carbocycles. The highest BCUT2D eigenvalue weighted by atomic mass is 16.5. The fourth-order valence-electron chi connectivity index (χ4n) is 2.92. The summed E-state index contributed by atoms with van der Waals surface area (Å²) in [4.78, 5) is 15.1. The highest BCUT2D eigenvalue weighted by Crippen LogP contribution is 2.31. The quantitative estimate of drug-likeness (QED) is 0.757. The van der Waals surface area contributed by atoms with E-state index in [-0.39, 0.29) is 5.56 Å². The number of H-pyrrole nitrogens is 1. The largest absolute Gasteiger partial charge is 0.457 e. The maximum atomic E-state index is 12.1. The second-order valence-electron chi connectivity index (χ2n) is 5.46. The maximum Gasteiger partial charge on any atom is 0.253 e. The Kier molecular flexibility index (Phi) is 3.07. The van der Waals surface area contributed by atoms with Gasteiger partial charge in [-0.25, -0.2) is 0 Å². The van der Waals surface area contributed by atoms with E-state index in [0.717, 1.165) is 53.0 Å². The molecule has 2 aromatic carbocycles. The van der Waals surface area contributed by atoms with Gasteiger partial charge in [-0.1, -0.05) is 18.2 Å². The Hall–Kier alpha value is -2.75. The van der Waals surface area contributed by atoms with Gasteiger partial charge in [-0.2, -0.15) is 0 Å². The molecule has 0 unspecified atom stereocenters. The third kappa shape index (κ3) is 2.22. The molecule has 4 nitrogen and oxygen atoms in total. The lowest BCUT2D eigenvalue weighted by Crippen LogP contribution is -2.22. The van der Waals surface area contributed by atoms with Crippen LogP contribution in [0.1, 0.15) is 12.0 Å². The molecule has 1 aromatic heterocycles. The van der Waals surface area contributed by atoms with Crippen LogP contribution in [0.3, 0.4) is 0 Å². The van der Waals surface area contributed by atoms with Crippen molar-refractivity contribution in [2.45, 2.75) is 12.8 Å². The first-order valence-electron chi connectivity index (χ1n) is 7.47. The molecule has 0 atom stereocenters. The average Bonchev–Trinajstić information content (AvgIpc) is 2.57. The van der Waals surface area contributed by atoms with Crippen LogP contribution >= 0.6 is 0 Å². The number of rotatable bonds is 2. The first kappa shape index (κ1) is 13.0. The van der Waals surface area contributed by atoms with E-state index in [2.05, 4.69) is 10.3 Å². The van der Waals surface area contributed by atoms with Gasteiger partial charge < -0.3 is 15.0 Å². The van der Waals surface area contributed by atoms with Crippen molar-refractivity contribution in [3.05, 3.63) is 64.4 Å². The van der Waals surface area contributed by atoms with Crippen LogP contribution in [0.4, 0.5) is 5.69 Å². The van der Waals surface area contributed by atoms with Crippen molar-refractivity contribution >= 4 is 16.6 Å². The molecule has 3 aromatic rings. The molecular formula is C18H16N2O2. The SMILES string of the molecule is O=c1[nH]c2ccc(Oc3ccccc3)cc2c2c1CCCN2. The molecule has 1 aliphatic heterocycles. The van der Waals surface area contributed by atoms with E-state index in [1.54, 1.807) is 0 Å². The van der Waals surface area contributed by atoms with Crippen molar-refractivity contribution in [3.63, 3.8) is 0 Å². The van der Waals surface area contributed by atoms with Crippen LogP contribution in [0.2, 0.25) is 0 Å². The van der Waals surface area contributed by atoms with Gasteiger partial charge in [-0.05, 0) is 43.2 Å². The molecule has 0 radical (unpaired) electrons. The van der Waals surface area contributed by atoms with Crippen LogP contribution in [0, 0.1) is 0 Å². The molecule has 4 rings (SSSR count). The number of aromatic amines is 1. The van der Waals surface area contributed by atoms with Crippen molar-refractivity contribution < 1.29 is 4.74 Å². The molecular weight excluding hydrogens is 276 g/mol. The Morgan fingerprint density at radius 2 is 1.86 bits per heavy atom.